The number of allylic oxidation sites excluding steroid dienone is 1. The average Bonchev–Trinajstić information content (AvgIpc) is 1.90. The van der Waals surface area contributed by atoms with Gasteiger partial charge in [0.15, 0.2) is 0 Å². The molecule has 0 bridgehead atoms. The van der Waals surface area contributed by atoms with E-state index in [0.29, 0.717) is 6.10 Å². The van der Waals surface area contributed by atoms with E-state index in [4.69, 9.17) is 4.43 Å². The van der Waals surface area contributed by atoms with Gasteiger partial charge in [-0.05, 0) is 19.3 Å². The third-order valence-corrected chi connectivity index (χ3v) is 1.66. The lowest BCUT2D eigenvalue weighted by molar-refractivity contribution is 0.252. The highest BCUT2D eigenvalue weighted by molar-refractivity contribution is 5.98. The molecular formula is C6H9OSi. The fourth-order valence-corrected chi connectivity index (χ4v) is 1.08. The molecule has 43 valence electrons. The molecule has 0 spiro atoms. The van der Waals surface area contributed by atoms with Gasteiger partial charge in [-0.15, -0.1) is 0 Å². The lowest BCUT2D eigenvalue weighted by Crippen LogP contribution is -2.09. The normalized spacial score (nSPS) is 28.4. The molecule has 0 saturated heterocycles. The van der Waals surface area contributed by atoms with Gasteiger partial charge < -0.3 is 4.43 Å². The second kappa shape index (κ2) is 3.05. The van der Waals surface area contributed by atoms with Crippen LogP contribution in [0.1, 0.15) is 19.3 Å². The van der Waals surface area contributed by atoms with Crippen LogP contribution in [0.2, 0.25) is 0 Å². The molecule has 1 aliphatic carbocycles. The minimum absolute atomic E-state index is 0.320. The predicted molar refractivity (Wildman–Crippen MR) is 33.6 cm³/mol. The summed E-state index contributed by atoms with van der Waals surface area (Å²) in [7, 11) is 3.00. The molecule has 1 aliphatic rings. The largest absolute Gasteiger partial charge is 0.412 e. The Bertz CT molecular complexity index is 90.5. The zero-order valence-electron chi connectivity index (χ0n) is 4.76. The van der Waals surface area contributed by atoms with Gasteiger partial charge in [0.25, 0.3) is 0 Å². The molecule has 0 aromatic rings. The number of hydrogen-bond acceptors (Lipinski definition) is 1. The van der Waals surface area contributed by atoms with Crippen LogP contribution in [0.5, 0.6) is 0 Å². The van der Waals surface area contributed by atoms with Crippen LogP contribution < -0.4 is 0 Å². The smallest absolute Gasteiger partial charge is 0.247 e. The van der Waals surface area contributed by atoms with E-state index < -0.39 is 0 Å². The van der Waals surface area contributed by atoms with E-state index in [0.717, 1.165) is 6.42 Å². The topological polar surface area (TPSA) is 9.23 Å². The summed E-state index contributed by atoms with van der Waals surface area (Å²) in [6.45, 7) is 0. The summed E-state index contributed by atoms with van der Waals surface area (Å²) < 4.78 is 4.91. The molecule has 0 aromatic heterocycles. The molecule has 1 nitrogen and oxygen atoms in total. The van der Waals surface area contributed by atoms with Gasteiger partial charge in [0.2, 0.25) is 10.5 Å². The van der Waals surface area contributed by atoms with Crippen molar-refractivity contribution in [1.29, 1.82) is 0 Å². The van der Waals surface area contributed by atoms with E-state index in [1.807, 2.05) is 0 Å². The first-order chi connectivity index (χ1) is 3.93. The van der Waals surface area contributed by atoms with Crippen LogP contribution >= 0.6 is 0 Å². The Labute approximate surface area is 53.3 Å². The van der Waals surface area contributed by atoms with Crippen molar-refractivity contribution < 1.29 is 4.43 Å². The Morgan fingerprint density at radius 1 is 1.62 bits per heavy atom. The highest BCUT2D eigenvalue weighted by Crippen LogP contribution is 2.11. The van der Waals surface area contributed by atoms with Gasteiger partial charge in [-0.25, -0.2) is 0 Å². The van der Waals surface area contributed by atoms with E-state index >= 15 is 0 Å². The summed E-state index contributed by atoms with van der Waals surface area (Å²) >= 11 is 0. The van der Waals surface area contributed by atoms with Crippen LogP contribution in [0.25, 0.3) is 0 Å². The fourth-order valence-electron chi connectivity index (χ4n) is 0.879. The molecule has 1 atom stereocenters. The first kappa shape index (κ1) is 6.04. The van der Waals surface area contributed by atoms with Crippen molar-refractivity contribution >= 4 is 10.5 Å². The molecule has 0 heterocycles. The maximum Gasteiger partial charge on any atom is 0.247 e. The first-order valence-corrected chi connectivity index (χ1v) is 3.33. The summed E-state index contributed by atoms with van der Waals surface area (Å²) in [6, 6.07) is 0. The van der Waals surface area contributed by atoms with E-state index in [9.17, 15) is 0 Å². The van der Waals surface area contributed by atoms with Gasteiger partial charge >= 0.3 is 0 Å². The Hall–Kier alpha value is -0.0831. The Morgan fingerprint density at radius 3 is 2.88 bits per heavy atom. The van der Waals surface area contributed by atoms with E-state index in [1.54, 1.807) is 0 Å². The quantitative estimate of drug-likeness (QED) is 0.378. The number of rotatable bonds is 1. The lowest BCUT2D eigenvalue weighted by atomic mass is 10.1. The van der Waals surface area contributed by atoms with Crippen molar-refractivity contribution in [3.8, 4) is 0 Å². The van der Waals surface area contributed by atoms with E-state index in [-0.39, 0.29) is 0 Å². The molecular weight excluding hydrogens is 116 g/mol. The van der Waals surface area contributed by atoms with Crippen molar-refractivity contribution in [2.45, 2.75) is 25.4 Å². The van der Waals surface area contributed by atoms with Crippen molar-refractivity contribution in [3.63, 3.8) is 0 Å². The Kier molecular flexibility index (Phi) is 2.30. The summed E-state index contributed by atoms with van der Waals surface area (Å²) in [6.07, 6.45) is 8.20. The van der Waals surface area contributed by atoms with Gasteiger partial charge in [-0.3, -0.25) is 0 Å². The standard InChI is InChI=1S/C6H9OSi/c8-7-6-4-2-1-3-5-6/h2,4,6H,1,3,5H2. The predicted octanol–water partition coefficient (Wildman–Crippen LogP) is 1.20. The van der Waals surface area contributed by atoms with Crippen molar-refractivity contribution in [2.75, 3.05) is 0 Å². The van der Waals surface area contributed by atoms with Gasteiger partial charge in [0.1, 0.15) is 0 Å². The van der Waals surface area contributed by atoms with E-state index in [2.05, 4.69) is 22.6 Å². The van der Waals surface area contributed by atoms with Gasteiger partial charge in [0, 0.05) is 0 Å². The first-order valence-electron chi connectivity index (χ1n) is 2.92. The molecule has 3 radical (unpaired) electrons. The molecule has 0 saturated carbocycles. The van der Waals surface area contributed by atoms with Crippen molar-refractivity contribution in [2.24, 2.45) is 0 Å². The molecule has 0 fully saturated rings. The van der Waals surface area contributed by atoms with Crippen molar-refractivity contribution in [1.82, 2.24) is 0 Å². The maximum atomic E-state index is 4.91. The van der Waals surface area contributed by atoms with Crippen LogP contribution in [-0.2, 0) is 4.43 Å². The van der Waals surface area contributed by atoms with Crippen LogP contribution in [0.4, 0.5) is 0 Å². The summed E-state index contributed by atoms with van der Waals surface area (Å²) in [4.78, 5) is 0. The second-order valence-electron chi connectivity index (χ2n) is 2.02. The zero-order valence-corrected chi connectivity index (χ0v) is 5.76. The van der Waals surface area contributed by atoms with Crippen LogP contribution in [0.15, 0.2) is 12.2 Å². The molecule has 1 rings (SSSR count). The molecule has 8 heavy (non-hydrogen) atoms. The van der Waals surface area contributed by atoms with Crippen LogP contribution in [0.3, 0.4) is 0 Å². The molecule has 0 N–H and O–H groups in total. The third kappa shape index (κ3) is 1.45. The van der Waals surface area contributed by atoms with Crippen LogP contribution in [-0.4, -0.2) is 16.6 Å². The Balaban J connectivity index is 2.32. The Morgan fingerprint density at radius 2 is 2.50 bits per heavy atom. The minimum Gasteiger partial charge on any atom is -0.412 e. The molecule has 1 unspecified atom stereocenters. The molecule has 0 aromatic carbocycles. The zero-order chi connectivity index (χ0) is 5.82. The second-order valence-corrected chi connectivity index (χ2v) is 2.25. The molecule has 0 aliphatic heterocycles. The summed E-state index contributed by atoms with van der Waals surface area (Å²) in [5.41, 5.74) is 0. The monoisotopic (exact) mass is 125 g/mol. The van der Waals surface area contributed by atoms with Gasteiger partial charge in [0.05, 0.1) is 6.10 Å². The van der Waals surface area contributed by atoms with Gasteiger partial charge in [-0.2, -0.15) is 0 Å². The summed E-state index contributed by atoms with van der Waals surface area (Å²) in [5.74, 6) is 0. The van der Waals surface area contributed by atoms with Crippen molar-refractivity contribution in [3.05, 3.63) is 12.2 Å². The molecule has 2 heteroatoms. The lowest BCUT2D eigenvalue weighted by Gasteiger charge is -2.13. The highest BCUT2D eigenvalue weighted by Gasteiger charge is 2.03. The van der Waals surface area contributed by atoms with E-state index in [1.165, 1.54) is 12.8 Å². The minimum atomic E-state index is 0.320. The average molecular weight is 125 g/mol. The summed E-state index contributed by atoms with van der Waals surface area (Å²) in [5, 5.41) is 0. The SMILES string of the molecule is [Si]OC1C=CCCC1. The number of hydrogen-bond donors (Lipinski definition) is 0. The third-order valence-electron chi connectivity index (χ3n) is 1.36. The highest BCUT2D eigenvalue weighted by atomic mass is 28.2. The maximum absolute atomic E-state index is 4.91. The molecule has 0 amide bonds. The fraction of sp³-hybridized carbons (Fsp3) is 0.667. The van der Waals surface area contributed by atoms with Gasteiger partial charge in [-0.1, -0.05) is 12.2 Å². The van der Waals surface area contributed by atoms with Crippen LogP contribution in [0, 0.1) is 0 Å².